The molecule has 1 aromatic heterocycles. The number of halogens is 2. The minimum absolute atomic E-state index is 0.0754. The van der Waals surface area contributed by atoms with E-state index in [-0.39, 0.29) is 11.1 Å². The van der Waals surface area contributed by atoms with Crippen molar-refractivity contribution in [3.05, 3.63) is 21.6 Å². The molecule has 0 radical (unpaired) electrons. The van der Waals surface area contributed by atoms with E-state index in [2.05, 4.69) is 15.5 Å². The average molecular weight is 359 g/mol. The second-order valence-corrected chi connectivity index (χ2v) is 6.74. The van der Waals surface area contributed by atoms with E-state index in [1.807, 2.05) is 4.90 Å². The number of aromatic amines is 1. The summed E-state index contributed by atoms with van der Waals surface area (Å²) in [5.74, 6) is 0. The zero-order valence-electron chi connectivity index (χ0n) is 13.2. The van der Waals surface area contributed by atoms with Gasteiger partial charge in [-0.15, -0.1) is 0 Å². The first-order chi connectivity index (χ1) is 11.5. The van der Waals surface area contributed by atoms with Crippen molar-refractivity contribution in [3.63, 3.8) is 0 Å². The largest absolute Gasteiger partial charge is 0.444 e. The number of nitrogens with zero attached hydrogens (tertiary/aromatic N) is 2. The first-order valence-corrected chi connectivity index (χ1v) is 8.44. The quantitative estimate of drug-likeness (QED) is 0.840. The Morgan fingerprint density at radius 3 is 3.04 bits per heavy atom. The molecule has 0 unspecified atom stereocenters. The monoisotopic (exact) mass is 358 g/mol. The number of ether oxygens (including phenoxy) is 1. The zero-order valence-corrected chi connectivity index (χ0v) is 13.9. The van der Waals surface area contributed by atoms with Gasteiger partial charge in [-0.2, -0.15) is 5.10 Å². The van der Waals surface area contributed by atoms with E-state index in [1.54, 1.807) is 0 Å². The van der Waals surface area contributed by atoms with Crippen molar-refractivity contribution in [1.29, 1.82) is 0 Å². The van der Waals surface area contributed by atoms with Crippen molar-refractivity contribution < 1.29 is 13.9 Å². The highest BCUT2D eigenvalue weighted by atomic mass is 35.5. The normalized spacial score (nSPS) is 22.1. The van der Waals surface area contributed by atoms with Crippen LogP contribution in [0.2, 0.25) is 5.02 Å². The molecule has 132 valence electrons. The minimum Gasteiger partial charge on any atom is -0.444 e. The molecule has 2 aliphatic rings. The van der Waals surface area contributed by atoms with Crippen molar-refractivity contribution in [2.75, 3.05) is 24.7 Å². The lowest BCUT2D eigenvalue weighted by Gasteiger charge is -2.41. The molecule has 1 aliphatic heterocycles. The summed E-state index contributed by atoms with van der Waals surface area (Å²) in [5, 5.41) is 8.91. The highest BCUT2D eigenvalue weighted by molar-refractivity contribution is 6.33. The third-order valence-corrected chi connectivity index (χ3v) is 5.15. The Labute approximate surface area is 143 Å². The van der Waals surface area contributed by atoms with E-state index in [0.717, 1.165) is 19.3 Å². The van der Waals surface area contributed by atoms with E-state index >= 15 is 0 Å². The number of alkyl carbamates (subject to hydrolysis) is 1. The topological polar surface area (TPSA) is 87.3 Å². The lowest BCUT2D eigenvalue weighted by Crippen LogP contribution is -2.54. The Kier molecular flexibility index (Phi) is 4.93. The number of alkyl halides is 1. The van der Waals surface area contributed by atoms with Gasteiger partial charge in [0.05, 0.1) is 25.1 Å². The number of carbonyl (C=O) groups excluding carboxylic acids is 1. The summed E-state index contributed by atoms with van der Waals surface area (Å²) < 4.78 is 18.1. The maximum absolute atomic E-state index is 12.6. The number of aromatic nitrogens is 2. The molecule has 0 bridgehead atoms. The number of hydrogen-bond donors (Lipinski definition) is 2. The second kappa shape index (κ2) is 6.96. The van der Waals surface area contributed by atoms with Crippen LogP contribution in [0.15, 0.2) is 11.0 Å². The molecule has 7 nitrogen and oxygen atoms in total. The fraction of sp³-hybridized carbons (Fsp3) is 0.667. The SMILES string of the molecule is O=C(NC1(CCF)CCC1)O[C@@H]1CCN(c2cn[nH]c(=O)c2Cl)C1. The van der Waals surface area contributed by atoms with Crippen molar-refractivity contribution >= 4 is 23.4 Å². The van der Waals surface area contributed by atoms with Crippen LogP contribution in [0, 0.1) is 0 Å². The van der Waals surface area contributed by atoms with Crippen LogP contribution in [-0.4, -0.2) is 47.7 Å². The third-order valence-electron chi connectivity index (χ3n) is 4.79. The third kappa shape index (κ3) is 3.48. The Morgan fingerprint density at radius 2 is 2.38 bits per heavy atom. The standard InChI is InChI=1S/C15H20ClFN4O3/c16-12-11(8-18-20-13(12)22)21-7-2-10(9-21)24-14(23)19-15(5-6-17)3-1-4-15/h8,10H,1-7,9H2,(H,19,23)(H,20,22)/t10-/m1/s1. The Hall–Kier alpha value is -1.83. The fourth-order valence-electron chi connectivity index (χ4n) is 3.26. The Bertz CT molecular complexity index is 664. The van der Waals surface area contributed by atoms with Gasteiger partial charge in [0.25, 0.3) is 5.56 Å². The van der Waals surface area contributed by atoms with Crippen LogP contribution in [0.3, 0.4) is 0 Å². The molecule has 1 atom stereocenters. The van der Waals surface area contributed by atoms with E-state index in [1.165, 1.54) is 6.20 Å². The summed E-state index contributed by atoms with van der Waals surface area (Å²) in [4.78, 5) is 25.5. The van der Waals surface area contributed by atoms with Gasteiger partial charge in [-0.3, -0.25) is 9.18 Å². The van der Waals surface area contributed by atoms with Crippen LogP contribution in [0.5, 0.6) is 0 Å². The van der Waals surface area contributed by atoms with Gasteiger partial charge in [0, 0.05) is 18.5 Å². The van der Waals surface area contributed by atoms with E-state index in [4.69, 9.17) is 16.3 Å². The number of rotatable bonds is 5. The summed E-state index contributed by atoms with van der Waals surface area (Å²) >= 11 is 5.99. The number of amides is 1. The van der Waals surface area contributed by atoms with Gasteiger partial charge in [0.1, 0.15) is 11.1 Å². The van der Waals surface area contributed by atoms with Gasteiger partial charge < -0.3 is 15.0 Å². The van der Waals surface area contributed by atoms with Crippen LogP contribution >= 0.6 is 11.6 Å². The van der Waals surface area contributed by atoms with Gasteiger partial charge in [0.15, 0.2) is 0 Å². The molecular formula is C15H20ClFN4O3. The van der Waals surface area contributed by atoms with Crippen molar-refractivity contribution in [2.45, 2.75) is 43.7 Å². The number of H-pyrrole nitrogens is 1. The molecule has 0 spiro atoms. The molecule has 1 aromatic rings. The molecule has 1 amide bonds. The van der Waals surface area contributed by atoms with Crippen LogP contribution in [-0.2, 0) is 4.74 Å². The van der Waals surface area contributed by atoms with Crippen LogP contribution in [0.4, 0.5) is 14.9 Å². The number of nitrogens with one attached hydrogen (secondary N) is 2. The van der Waals surface area contributed by atoms with Crippen LogP contribution in [0.25, 0.3) is 0 Å². The highest BCUT2D eigenvalue weighted by Crippen LogP contribution is 2.35. The summed E-state index contributed by atoms with van der Waals surface area (Å²) in [7, 11) is 0. The lowest BCUT2D eigenvalue weighted by molar-refractivity contribution is 0.0789. The van der Waals surface area contributed by atoms with Gasteiger partial charge in [-0.25, -0.2) is 9.89 Å². The zero-order chi connectivity index (χ0) is 17.2. The summed E-state index contributed by atoms with van der Waals surface area (Å²) in [6.07, 6.45) is 4.20. The van der Waals surface area contributed by atoms with E-state index in [9.17, 15) is 14.0 Å². The van der Waals surface area contributed by atoms with Crippen molar-refractivity contribution in [1.82, 2.24) is 15.5 Å². The van der Waals surface area contributed by atoms with Crippen molar-refractivity contribution in [3.8, 4) is 0 Å². The molecule has 2 N–H and O–H groups in total. The number of anilines is 1. The molecule has 3 rings (SSSR count). The van der Waals surface area contributed by atoms with Gasteiger partial charge in [-0.1, -0.05) is 11.6 Å². The predicted molar refractivity (Wildman–Crippen MR) is 87.3 cm³/mol. The fourth-order valence-corrected chi connectivity index (χ4v) is 3.47. The Balaban J connectivity index is 1.55. The minimum atomic E-state index is -0.509. The summed E-state index contributed by atoms with van der Waals surface area (Å²) in [6, 6.07) is 0. The Morgan fingerprint density at radius 1 is 1.58 bits per heavy atom. The van der Waals surface area contributed by atoms with Gasteiger partial charge >= 0.3 is 6.09 Å². The second-order valence-electron chi connectivity index (χ2n) is 6.36. The molecular weight excluding hydrogens is 339 g/mol. The van der Waals surface area contributed by atoms with Gasteiger partial charge in [-0.05, 0) is 25.7 Å². The molecule has 2 fully saturated rings. The van der Waals surface area contributed by atoms with Crippen molar-refractivity contribution in [2.24, 2.45) is 0 Å². The maximum Gasteiger partial charge on any atom is 0.407 e. The first kappa shape index (κ1) is 17.0. The number of carbonyl (C=O) groups is 1. The number of hydrogen-bond acceptors (Lipinski definition) is 5. The lowest BCUT2D eigenvalue weighted by atomic mass is 9.75. The maximum atomic E-state index is 12.6. The van der Waals surface area contributed by atoms with E-state index < -0.39 is 23.9 Å². The van der Waals surface area contributed by atoms with Crippen LogP contribution < -0.4 is 15.8 Å². The highest BCUT2D eigenvalue weighted by Gasteiger charge is 2.39. The molecule has 0 aromatic carbocycles. The molecule has 1 saturated carbocycles. The van der Waals surface area contributed by atoms with Gasteiger partial charge in [0.2, 0.25) is 0 Å². The molecule has 1 saturated heterocycles. The molecule has 24 heavy (non-hydrogen) atoms. The summed E-state index contributed by atoms with van der Waals surface area (Å²) in [6.45, 7) is 0.596. The average Bonchev–Trinajstić information content (AvgIpc) is 2.96. The first-order valence-electron chi connectivity index (χ1n) is 8.06. The van der Waals surface area contributed by atoms with E-state index in [0.29, 0.717) is 31.6 Å². The van der Waals surface area contributed by atoms with Crippen LogP contribution in [0.1, 0.15) is 32.1 Å². The molecule has 1 aliphatic carbocycles. The molecule has 2 heterocycles. The smallest absolute Gasteiger partial charge is 0.407 e. The summed E-state index contributed by atoms with van der Waals surface area (Å²) in [5.41, 5.74) is -0.362. The molecule has 9 heteroatoms. The predicted octanol–water partition coefficient (Wildman–Crippen LogP) is 2.01.